The van der Waals surface area contributed by atoms with E-state index in [0.29, 0.717) is 23.1 Å². The third-order valence-electron chi connectivity index (χ3n) is 4.05. The molecular formula is C15H17BrN2O6. The largest absolute Gasteiger partial charge is 0.469 e. The molecule has 24 heavy (non-hydrogen) atoms. The molecule has 2 unspecified atom stereocenters. The van der Waals surface area contributed by atoms with Crippen molar-refractivity contribution in [3.8, 4) is 0 Å². The molecule has 0 aromatic heterocycles. The minimum Gasteiger partial charge on any atom is -0.469 e. The summed E-state index contributed by atoms with van der Waals surface area (Å²) in [5.41, 5.74) is 0.205. The predicted molar refractivity (Wildman–Crippen MR) is 88.7 cm³/mol. The van der Waals surface area contributed by atoms with Crippen LogP contribution in [0.15, 0.2) is 22.7 Å². The van der Waals surface area contributed by atoms with E-state index in [2.05, 4.69) is 15.9 Å². The Balaban J connectivity index is 2.40. The van der Waals surface area contributed by atoms with Crippen LogP contribution in [0, 0.1) is 16.0 Å². The zero-order valence-electron chi connectivity index (χ0n) is 13.2. The minimum absolute atomic E-state index is 0.116. The van der Waals surface area contributed by atoms with Crippen LogP contribution in [-0.2, 0) is 19.1 Å². The number of nitrogens with zero attached hydrogens (tertiary/aromatic N) is 2. The molecule has 1 fully saturated rings. The Morgan fingerprint density at radius 1 is 1.29 bits per heavy atom. The molecule has 9 heteroatoms. The molecular weight excluding hydrogens is 384 g/mol. The molecule has 1 aliphatic heterocycles. The van der Waals surface area contributed by atoms with Gasteiger partial charge in [-0.25, -0.2) is 4.79 Å². The number of methoxy groups -OCH3 is 2. The molecule has 2 rings (SSSR count). The highest BCUT2D eigenvalue weighted by atomic mass is 79.9. The van der Waals surface area contributed by atoms with Crippen LogP contribution in [0.4, 0.5) is 11.4 Å². The number of esters is 2. The number of rotatable bonds is 4. The highest BCUT2D eigenvalue weighted by Crippen LogP contribution is 2.36. The Hall–Kier alpha value is -2.16. The van der Waals surface area contributed by atoms with Crippen LogP contribution < -0.4 is 4.90 Å². The van der Waals surface area contributed by atoms with E-state index in [1.54, 1.807) is 17.0 Å². The first-order valence-electron chi connectivity index (χ1n) is 7.25. The molecule has 1 heterocycles. The summed E-state index contributed by atoms with van der Waals surface area (Å²) in [5.74, 6) is -1.38. The SMILES string of the molecule is COC(=O)C1CCN(c2ccc(Br)cc2[N+](=O)[O-])C(C(=O)OC)C1. The van der Waals surface area contributed by atoms with E-state index < -0.39 is 28.8 Å². The van der Waals surface area contributed by atoms with Crippen LogP contribution in [0.25, 0.3) is 0 Å². The number of hydrogen-bond donors (Lipinski definition) is 0. The lowest BCUT2D eigenvalue weighted by Crippen LogP contribution is -2.49. The highest BCUT2D eigenvalue weighted by molar-refractivity contribution is 9.10. The molecule has 0 bridgehead atoms. The lowest BCUT2D eigenvalue weighted by atomic mass is 9.90. The van der Waals surface area contributed by atoms with Gasteiger partial charge in [-0.15, -0.1) is 0 Å². The zero-order valence-corrected chi connectivity index (χ0v) is 14.8. The van der Waals surface area contributed by atoms with Gasteiger partial charge in [0.2, 0.25) is 0 Å². The lowest BCUT2D eigenvalue weighted by molar-refractivity contribution is -0.384. The van der Waals surface area contributed by atoms with Crippen molar-refractivity contribution >= 4 is 39.2 Å². The van der Waals surface area contributed by atoms with Crippen molar-refractivity contribution in [2.24, 2.45) is 5.92 Å². The fraction of sp³-hybridized carbons (Fsp3) is 0.467. The average Bonchev–Trinajstić information content (AvgIpc) is 2.59. The van der Waals surface area contributed by atoms with Crippen molar-refractivity contribution in [1.82, 2.24) is 0 Å². The summed E-state index contributed by atoms with van der Waals surface area (Å²) in [6.07, 6.45) is 0.625. The molecule has 0 aliphatic carbocycles. The Morgan fingerprint density at radius 2 is 1.96 bits per heavy atom. The van der Waals surface area contributed by atoms with Gasteiger partial charge in [0.15, 0.2) is 0 Å². The standard InChI is InChI=1S/C15H17BrN2O6/c1-23-14(19)9-5-6-17(13(7-9)15(20)24-2)11-4-3-10(16)8-12(11)18(21)22/h3-4,8-9,13H,5-7H2,1-2H3. The van der Waals surface area contributed by atoms with Crippen molar-refractivity contribution in [3.63, 3.8) is 0 Å². The molecule has 0 N–H and O–H groups in total. The van der Waals surface area contributed by atoms with Gasteiger partial charge in [-0.3, -0.25) is 14.9 Å². The predicted octanol–water partition coefficient (Wildman–Crippen LogP) is 2.29. The fourth-order valence-electron chi connectivity index (χ4n) is 2.88. The molecule has 0 amide bonds. The second kappa shape index (κ2) is 7.61. The third kappa shape index (κ3) is 3.66. The minimum atomic E-state index is -0.785. The van der Waals surface area contributed by atoms with Crippen molar-refractivity contribution in [3.05, 3.63) is 32.8 Å². The maximum absolute atomic E-state index is 12.2. The molecule has 0 saturated carbocycles. The zero-order chi connectivity index (χ0) is 17.9. The second-order valence-corrected chi connectivity index (χ2v) is 6.28. The number of piperidine rings is 1. The summed E-state index contributed by atoms with van der Waals surface area (Å²) in [5, 5.41) is 11.3. The molecule has 2 atom stereocenters. The fourth-order valence-corrected chi connectivity index (χ4v) is 3.23. The number of benzene rings is 1. The first kappa shape index (κ1) is 18.2. The van der Waals surface area contributed by atoms with E-state index >= 15 is 0 Å². The summed E-state index contributed by atoms with van der Waals surface area (Å²) in [6.45, 7) is 0.308. The summed E-state index contributed by atoms with van der Waals surface area (Å²) in [4.78, 5) is 36.4. The van der Waals surface area contributed by atoms with Crippen LogP contribution in [0.3, 0.4) is 0 Å². The van der Waals surface area contributed by atoms with Gasteiger partial charge in [0.25, 0.3) is 5.69 Å². The molecule has 0 spiro atoms. The topological polar surface area (TPSA) is 99.0 Å². The molecule has 0 radical (unpaired) electrons. The van der Waals surface area contributed by atoms with Gasteiger partial charge >= 0.3 is 11.9 Å². The first-order valence-corrected chi connectivity index (χ1v) is 8.04. The summed E-state index contributed by atoms with van der Waals surface area (Å²) in [7, 11) is 2.54. The summed E-state index contributed by atoms with van der Waals surface area (Å²) >= 11 is 3.21. The summed E-state index contributed by atoms with van der Waals surface area (Å²) in [6, 6.07) is 3.85. The first-order chi connectivity index (χ1) is 11.4. The van der Waals surface area contributed by atoms with Crippen LogP contribution >= 0.6 is 15.9 Å². The van der Waals surface area contributed by atoms with Gasteiger partial charge < -0.3 is 14.4 Å². The molecule has 1 aromatic carbocycles. The number of carbonyl (C=O) groups is 2. The Morgan fingerprint density at radius 3 is 2.54 bits per heavy atom. The molecule has 1 aromatic rings. The molecule has 1 aliphatic rings. The number of ether oxygens (including phenoxy) is 2. The van der Waals surface area contributed by atoms with Gasteiger partial charge in [0.1, 0.15) is 11.7 Å². The third-order valence-corrected chi connectivity index (χ3v) is 4.55. The lowest BCUT2D eigenvalue weighted by Gasteiger charge is -2.38. The highest BCUT2D eigenvalue weighted by Gasteiger charge is 2.39. The van der Waals surface area contributed by atoms with Crippen LogP contribution in [0.5, 0.6) is 0 Å². The summed E-state index contributed by atoms with van der Waals surface area (Å²) < 4.78 is 10.1. The van der Waals surface area contributed by atoms with Crippen molar-refractivity contribution < 1.29 is 24.0 Å². The van der Waals surface area contributed by atoms with Gasteiger partial charge in [0.05, 0.1) is 25.1 Å². The van der Waals surface area contributed by atoms with Crippen molar-refractivity contribution in [1.29, 1.82) is 0 Å². The normalized spacial score (nSPS) is 20.4. The monoisotopic (exact) mass is 400 g/mol. The van der Waals surface area contributed by atoms with E-state index in [9.17, 15) is 19.7 Å². The molecule has 8 nitrogen and oxygen atoms in total. The number of nitro benzene ring substituents is 1. The van der Waals surface area contributed by atoms with E-state index in [4.69, 9.17) is 9.47 Å². The van der Waals surface area contributed by atoms with E-state index in [0.717, 1.165) is 0 Å². The van der Waals surface area contributed by atoms with Gasteiger partial charge in [-0.2, -0.15) is 0 Å². The number of nitro groups is 1. The Bertz CT molecular complexity index is 665. The number of hydrogen-bond acceptors (Lipinski definition) is 7. The molecule has 1 saturated heterocycles. The second-order valence-electron chi connectivity index (χ2n) is 5.37. The van der Waals surface area contributed by atoms with Crippen molar-refractivity contribution in [2.45, 2.75) is 18.9 Å². The Labute approximate surface area is 147 Å². The quantitative estimate of drug-likeness (QED) is 0.434. The van der Waals surface area contributed by atoms with Crippen LogP contribution in [0.2, 0.25) is 0 Å². The maximum atomic E-state index is 12.2. The molecule has 130 valence electrons. The van der Waals surface area contributed by atoms with E-state index in [1.165, 1.54) is 20.3 Å². The van der Waals surface area contributed by atoms with Gasteiger partial charge in [-0.1, -0.05) is 15.9 Å². The average molecular weight is 401 g/mol. The number of carbonyl (C=O) groups excluding carboxylic acids is 2. The maximum Gasteiger partial charge on any atom is 0.328 e. The van der Waals surface area contributed by atoms with E-state index in [1.807, 2.05) is 0 Å². The number of anilines is 1. The van der Waals surface area contributed by atoms with E-state index in [-0.39, 0.29) is 12.1 Å². The smallest absolute Gasteiger partial charge is 0.328 e. The van der Waals surface area contributed by atoms with Gasteiger partial charge in [0, 0.05) is 17.1 Å². The Kier molecular flexibility index (Phi) is 5.76. The van der Waals surface area contributed by atoms with Crippen molar-refractivity contribution in [2.75, 3.05) is 25.7 Å². The van der Waals surface area contributed by atoms with Gasteiger partial charge in [-0.05, 0) is 25.0 Å². The van der Waals surface area contributed by atoms with Crippen LogP contribution in [-0.4, -0.2) is 43.7 Å². The van der Waals surface area contributed by atoms with Crippen LogP contribution in [0.1, 0.15) is 12.8 Å². The number of halogens is 1.